The molecule has 1 amide bonds. The molecule has 0 saturated carbocycles. The van der Waals surface area contributed by atoms with Crippen LogP contribution in [0.25, 0.3) is 0 Å². The molecule has 0 aliphatic carbocycles. The highest BCUT2D eigenvalue weighted by molar-refractivity contribution is 7.10. The van der Waals surface area contributed by atoms with Crippen LogP contribution in [-0.4, -0.2) is 19.5 Å². The third-order valence-corrected chi connectivity index (χ3v) is 5.08. The predicted octanol–water partition coefficient (Wildman–Crippen LogP) is 2.81. The molecule has 0 fully saturated rings. The van der Waals surface area contributed by atoms with E-state index in [1.54, 1.807) is 23.5 Å². The predicted molar refractivity (Wildman–Crippen MR) is 103 cm³/mol. The van der Waals surface area contributed by atoms with Crippen molar-refractivity contribution in [2.45, 2.75) is 12.6 Å². The van der Waals surface area contributed by atoms with E-state index < -0.39 is 0 Å². The Labute approximate surface area is 157 Å². The summed E-state index contributed by atoms with van der Waals surface area (Å²) in [7, 11) is 1.96. The van der Waals surface area contributed by atoms with Crippen LogP contribution in [-0.2, 0) is 11.3 Å². The van der Waals surface area contributed by atoms with E-state index in [0.717, 1.165) is 20.9 Å². The van der Waals surface area contributed by atoms with E-state index in [9.17, 15) is 9.18 Å². The Bertz CT molecular complexity index is 819. The quantitative estimate of drug-likeness (QED) is 0.660. The number of halogens is 1. The van der Waals surface area contributed by atoms with Gasteiger partial charge in [0.25, 0.3) is 5.91 Å². The van der Waals surface area contributed by atoms with Crippen LogP contribution >= 0.6 is 11.3 Å². The van der Waals surface area contributed by atoms with Crippen molar-refractivity contribution in [2.75, 3.05) is 13.6 Å². The Kier molecular flexibility index (Phi) is 6.15. The summed E-state index contributed by atoms with van der Waals surface area (Å²) in [5.41, 5.74) is 2.08. The molecular formula is C21H22FN2OS+. The molecule has 2 N–H and O–H groups in total. The third kappa shape index (κ3) is 5.00. The molecule has 0 saturated heterocycles. The number of carbonyl (C=O) groups excluding carboxylic acids is 1. The lowest BCUT2D eigenvalue weighted by atomic mass is 10.1. The Morgan fingerprint density at radius 1 is 1.08 bits per heavy atom. The van der Waals surface area contributed by atoms with Gasteiger partial charge in [0.05, 0.1) is 13.1 Å². The van der Waals surface area contributed by atoms with E-state index >= 15 is 0 Å². The summed E-state index contributed by atoms with van der Waals surface area (Å²) >= 11 is 1.63. The first-order chi connectivity index (χ1) is 12.6. The zero-order valence-electron chi connectivity index (χ0n) is 14.6. The molecule has 1 heterocycles. The van der Waals surface area contributed by atoms with Crippen LogP contribution in [0.3, 0.4) is 0 Å². The minimum atomic E-state index is -0.245. The first-order valence-electron chi connectivity index (χ1n) is 8.55. The second kappa shape index (κ2) is 8.74. The van der Waals surface area contributed by atoms with Gasteiger partial charge >= 0.3 is 0 Å². The van der Waals surface area contributed by atoms with Gasteiger partial charge in [-0.15, -0.1) is 11.3 Å². The van der Waals surface area contributed by atoms with Gasteiger partial charge in [0.15, 0.2) is 6.54 Å². The minimum absolute atomic E-state index is 0.00753. The first-order valence-corrected chi connectivity index (χ1v) is 9.43. The van der Waals surface area contributed by atoms with Gasteiger partial charge in [0.2, 0.25) is 0 Å². The molecule has 3 aromatic rings. The van der Waals surface area contributed by atoms with E-state index in [1.165, 1.54) is 12.1 Å². The van der Waals surface area contributed by atoms with Crippen molar-refractivity contribution in [1.29, 1.82) is 0 Å². The molecule has 1 unspecified atom stereocenters. The molecule has 0 aliphatic rings. The highest BCUT2D eigenvalue weighted by Crippen LogP contribution is 2.25. The van der Waals surface area contributed by atoms with E-state index in [2.05, 4.69) is 5.32 Å². The molecule has 3 nitrogen and oxygen atoms in total. The van der Waals surface area contributed by atoms with Crippen LogP contribution < -0.4 is 10.2 Å². The summed E-state index contributed by atoms with van der Waals surface area (Å²) in [5, 5.41) is 5.17. The van der Waals surface area contributed by atoms with E-state index in [1.807, 2.05) is 54.9 Å². The molecule has 26 heavy (non-hydrogen) atoms. The second-order valence-electron chi connectivity index (χ2n) is 6.36. The maximum absolute atomic E-state index is 13.0. The average Bonchev–Trinajstić information content (AvgIpc) is 3.17. The summed E-state index contributed by atoms with van der Waals surface area (Å²) in [6.45, 7) is 1.02. The number of benzene rings is 2. The average molecular weight is 369 g/mol. The molecule has 5 heteroatoms. The molecule has 0 spiro atoms. The fraction of sp³-hybridized carbons (Fsp3) is 0.190. The maximum Gasteiger partial charge on any atom is 0.275 e. The Morgan fingerprint density at radius 2 is 1.81 bits per heavy atom. The van der Waals surface area contributed by atoms with Gasteiger partial charge in [-0.3, -0.25) is 4.79 Å². The van der Waals surface area contributed by atoms with Gasteiger partial charge in [0.1, 0.15) is 12.4 Å². The molecule has 134 valence electrons. The van der Waals surface area contributed by atoms with Crippen LogP contribution in [0.1, 0.15) is 22.0 Å². The first kappa shape index (κ1) is 18.3. The number of amides is 1. The van der Waals surface area contributed by atoms with Crippen LogP contribution in [0.2, 0.25) is 0 Å². The zero-order valence-corrected chi connectivity index (χ0v) is 15.4. The summed E-state index contributed by atoms with van der Waals surface area (Å²) in [6.07, 6.45) is 0. The fourth-order valence-corrected chi connectivity index (χ4v) is 3.72. The maximum atomic E-state index is 13.0. The van der Waals surface area contributed by atoms with Crippen LogP contribution in [0.15, 0.2) is 72.1 Å². The Morgan fingerprint density at radius 3 is 2.46 bits per heavy atom. The smallest absolute Gasteiger partial charge is 0.275 e. The number of carbonyl (C=O) groups is 1. The SMILES string of the molecule is C[NH+](CC(=O)N[C@@H](c1ccccc1)c1cccs1)Cc1ccc(F)cc1. The molecule has 0 aliphatic heterocycles. The van der Waals surface area contributed by atoms with Gasteiger partial charge < -0.3 is 10.2 Å². The number of quaternary nitrogens is 1. The summed E-state index contributed by atoms with van der Waals surface area (Å²) < 4.78 is 13.0. The van der Waals surface area contributed by atoms with Gasteiger partial charge in [0, 0.05) is 10.4 Å². The second-order valence-corrected chi connectivity index (χ2v) is 7.34. The largest absolute Gasteiger partial charge is 0.339 e. The number of hydrogen-bond donors (Lipinski definition) is 2. The highest BCUT2D eigenvalue weighted by Gasteiger charge is 2.19. The van der Waals surface area contributed by atoms with Crippen LogP contribution in [0.4, 0.5) is 4.39 Å². The van der Waals surface area contributed by atoms with E-state index in [-0.39, 0.29) is 17.8 Å². The van der Waals surface area contributed by atoms with Crippen molar-refractivity contribution in [3.05, 3.63) is 93.9 Å². The van der Waals surface area contributed by atoms with E-state index in [0.29, 0.717) is 13.1 Å². The number of rotatable bonds is 7. The molecule has 3 rings (SSSR count). The van der Waals surface area contributed by atoms with Crippen molar-refractivity contribution < 1.29 is 14.1 Å². The van der Waals surface area contributed by atoms with Crippen molar-refractivity contribution in [3.8, 4) is 0 Å². The van der Waals surface area contributed by atoms with Crippen LogP contribution in [0.5, 0.6) is 0 Å². The van der Waals surface area contributed by atoms with Gasteiger partial charge in [-0.25, -0.2) is 4.39 Å². The summed E-state index contributed by atoms with van der Waals surface area (Å²) in [5.74, 6) is -0.252. The lowest BCUT2D eigenvalue weighted by molar-refractivity contribution is -0.885. The Hall–Kier alpha value is -2.50. The number of hydrogen-bond acceptors (Lipinski definition) is 2. The van der Waals surface area contributed by atoms with Crippen molar-refractivity contribution >= 4 is 17.2 Å². The summed E-state index contributed by atoms with van der Waals surface area (Å²) in [4.78, 5) is 14.7. The van der Waals surface area contributed by atoms with Gasteiger partial charge in [-0.05, 0) is 29.1 Å². The fourth-order valence-electron chi connectivity index (χ4n) is 2.92. The number of likely N-dealkylation sites (N-methyl/N-ethyl adjacent to an activating group) is 1. The lowest BCUT2D eigenvalue weighted by Gasteiger charge is -2.20. The van der Waals surface area contributed by atoms with E-state index in [4.69, 9.17) is 0 Å². The van der Waals surface area contributed by atoms with Crippen molar-refractivity contribution in [1.82, 2.24) is 5.32 Å². The molecule has 0 bridgehead atoms. The van der Waals surface area contributed by atoms with Crippen LogP contribution in [0, 0.1) is 5.82 Å². The van der Waals surface area contributed by atoms with Crippen molar-refractivity contribution in [2.24, 2.45) is 0 Å². The van der Waals surface area contributed by atoms with Gasteiger partial charge in [-0.2, -0.15) is 0 Å². The monoisotopic (exact) mass is 369 g/mol. The highest BCUT2D eigenvalue weighted by atomic mass is 32.1. The molecule has 2 atom stereocenters. The normalized spacial score (nSPS) is 13.2. The standard InChI is InChI=1S/C21H21FN2OS/c1-24(14-16-9-11-18(22)12-10-16)15-20(25)23-21(19-8-5-13-26-19)17-6-3-2-4-7-17/h2-13,21H,14-15H2,1H3,(H,23,25)/p+1/t21-/m0/s1. The Balaban J connectivity index is 1.63. The number of nitrogens with one attached hydrogen (secondary N) is 2. The number of thiophene rings is 1. The van der Waals surface area contributed by atoms with Crippen molar-refractivity contribution in [3.63, 3.8) is 0 Å². The molecule has 1 aromatic heterocycles. The third-order valence-electron chi connectivity index (χ3n) is 4.15. The zero-order chi connectivity index (χ0) is 18.4. The topological polar surface area (TPSA) is 33.5 Å². The molecular weight excluding hydrogens is 347 g/mol. The minimum Gasteiger partial charge on any atom is -0.339 e. The lowest BCUT2D eigenvalue weighted by Crippen LogP contribution is -3.08. The molecule has 2 aromatic carbocycles. The summed E-state index contributed by atoms with van der Waals surface area (Å²) in [6, 6.07) is 20.3. The molecule has 0 radical (unpaired) electrons. The van der Waals surface area contributed by atoms with Gasteiger partial charge in [-0.1, -0.05) is 48.5 Å².